The van der Waals surface area contributed by atoms with E-state index in [1.807, 2.05) is 19.1 Å². The summed E-state index contributed by atoms with van der Waals surface area (Å²) < 4.78 is 0. The lowest BCUT2D eigenvalue weighted by Crippen LogP contribution is -2.39. The van der Waals surface area contributed by atoms with Gasteiger partial charge < -0.3 is 10.6 Å². The van der Waals surface area contributed by atoms with Crippen LogP contribution in [0.4, 0.5) is 10.5 Å². The van der Waals surface area contributed by atoms with Crippen molar-refractivity contribution in [3.05, 3.63) is 28.8 Å². The van der Waals surface area contributed by atoms with Gasteiger partial charge >= 0.3 is 6.03 Å². The predicted octanol–water partition coefficient (Wildman–Crippen LogP) is 4.10. The van der Waals surface area contributed by atoms with Gasteiger partial charge in [-0.25, -0.2) is 4.79 Å². The molecule has 0 atom stereocenters. The lowest BCUT2D eigenvalue weighted by atomic mass is 9.96. The second kappa shape index (κ2) is 6.10. The number of amides is 2. The van der Waals surface area contributed by atoms with Crippen LogP contribution in [-0.4, -0.2) is 12.1 Å². The zero-order valence-electron chi connectivity index (χ0n) is 10.6. The maximum absolute atomic E-state index is 11.9. The van der Waals surface area contributed by atoms with E-state index in [0.717, 1.165) is 18.4 Å². The van der Waals surface area contributed by atoms with Crippen LogP contribution >= 0.6 is 11.6 Å². The smallest absolute Gasteiger partial charge is 0.319 e. The molecular formula is C14H19ClN2O. The molecule has 0 radical (unpaired) electrons. The largest absolute Gasteiger partial charge is 0.335 e. The Morgan fingerprint density at radius 3 is 2.67 bits per heavy atom. The van der Waals surface area contributed by atoms with Crippen LogP contribution in [0.25, 0.3) is 0 Å². The number of nitrogens with one attached hydrogen (secondary N) is 2. The lowest BCUT2D eigenvalue weighted by Gasteiger charge is -2.23. The van der Waals surface area contributed by atoms with Crippen molar-refractivity contribution in [2.75, 3.05) is 5.32 Å². The SMILES string of the molecule is Cc1cccc(Cl)c1NC(=O)NC1CCCCC1. The molecule has 2 amide bonds. The molecular weight excluding hydrogens is 248 g/mol. The average Bonchev–Trinajstić information content (AvgIpc) is 2.35. The Balaban J connectivity index is 1.94. The summed E-state index contributed by atoms with van der Waals surface area (Å²) in [6, 6.07) is 5.74. The van der Waals surface area contributed by atoms with Crippen LogP contribution in [0, 0.1) is 6.92 Å². The minimum atomic E-state index is -0.155. The van der Waals surface area contributed by atoms with Gasteiger partial charge in [-0.1, -0.05) is 43.0 Å². The van der Waals surface area contributed by atoms with Crippen LogP contribution in [0.1, 0.15) is 37.7 Å². The van der Waals surface area contributed by atoms with Gasteiger partial charge in [-0.15, -0.1) is 0 Å². The number of carbonyl (C=O) groups is 1. The number of hydrogen-bond acceptors (Lipinski definition) is 1. The summed E-state index contributed by atoms with van der Waals surface area (Å²) >= 11 is 6.07. The highest BCUT2D eigenvalue weighted by Gasteiger charge is 2.16. The zero-order chi connectivity index (χ0) is 13.0. The van der Waals surface area contributed by atoms with Gasteiger partial charge in [-0.2, -0.15) is 0 Å². The first-order valence-corrected chi connectivity index (χ1v) is 6.87. The predicted molar refractivity (Wildman–Crippen MR) is 75.2 cm³/mol. The Kier molecular flexibility index (Phi) is 4.48. The van der Waals surface area contributed by atoms with Gasteiger partial charge in [0.15, 0.2) is 0 Å². The standard InChI is InChI=1S/C14H19ClN2O/c1-10-6-5-9-12(15)13(10)17-14(18)16-11-7-3-2-4-8-11/h5-6,9,11H,2-4,7-8H2,1H3,(H2,16,17,18). The molecule has 0 unspecified atom stereocenters. The lowest BCUT2D eigenvalue weighted by molar-refractivity contribution is 0.244. The van der Waals surface area contributed by atoms with Crippen molar-refractivity contribution in [3.8, 4) is 0 Å². The molecule has 0 bridgehead atoms. The van der Waals surface area contributed by atoms with Crippen LogP contribution in [0.2, 0.25) is 5.02 Å². The van der Waals surface area contributed by atoms with Gasteiger partial charge in [0, 0.05) is 6.04 Å². The first kappa shape index (κ1) is 13.2. The number of hydrogen-bond donors (Lipinski definition) is 2. The van der Waals surface area contributed by atoms with E-state index in [1.165, 1.54) is 19.3 Å². The molecule has 2 rings (SSSR count). The van der Waals surface area contributed by atoms with Crippen LogP contribution in [0.15, 0.2) is 18.2 Å². The van der Waals surface area contributed by atoms with Crippen molar-refractivity contribution >= 4 is 23.3 Å². The molecule has 0 aromatic heterocycles. The number of carbonyl (C=O) groups excluding carboxylic acids is 1. The molecule has 2 N–H and O–H groups in total. The molecule has 98 valence electrons. The molecule has 1 saturated carbocycles. The van der Waals surface area contributed by atoms with E-state index in [2.05, 4.69) is 10.6 Å². The number of benzene rings is 1. The van der Waals surface area contributed by atoms with Crippen molar-refractivity contribution in [2.45, 2.75) is 45.1 Å². The Labute approximate surface area is 113 Å². The number of anilines is 1. The van der Waals surface area contributed by atoms with E-state index in [-0.39, 0.29) is 6.03 Å². The third-order valence-electron chi connectivity index (χ3n) is 3.40. The topological polar surface area (TPSA) is 41.1 Å². The number of para-hydroxylation sites is 1. The third-order valence-corrected chi connectivity index (χ3v) is 3.72. The second-order valence-corrected chi connectivity index (χ2v) is 5.27. The molecule has 0 spiro atoms. The molecule has 0 aliphatic heterocycles. The molecule has 18 heavy (non-hydrogen) atoms. The third kappa shape index (κ3) is 3.39. The van der Waals surface area contributed by atoms with Crippen LogP contribution in [0.5, 0.6) is 0 Å². The minimum Gasteiger partial charge on any atom is -0.335 e. The molecule has 1 aromatic carbocycles. The first-order chi connectivity index (χ1) is 8.66. The van der Waals surface area contributed by atoms with Crippen LogP contribution in [0.3, 0.4) is 0 Å². The van der Waals surface area contributed by atoms with E-state index in [4.69, 9.17) is 11.6 Å². The quantitative estimate of drug-likeness (QED) is 0.831. The fourth-order valence-corrected chi connectivity index (χ4v) is 2.64. The summed E-state index contributed by atoms with van der Waals surface area (Å²) in [6.45, 7) is 1.93. The van der Waals surface area contributed by atoms with Crippen molar-refractivity contribution in [1.82, 2.24) is 5.32 Å². The highest BCUT2D eigenvalue weighted by molar-refractivity contribution is 6.33. The molecule has 1 aliphatic carbocycles. The zero-order valence-corrected chi connectivity index (χ0v) is 11.4. The molecule has 4 heteroatoms. The van der Waals surface area contributed by atoms with Crippen molar-refractivity contribution in [2.24, 2.45) is 0 Å². The fraction of sp³-hybridized carbons (Fsp3) is 0.500. The number of rotatable bonds is 2. The number of urea groups is 1. The van der Waals surface area contributed by atoms with Crippen molar-refractivity contribution in [3.63, 3.8) is 0 Å². The second-order valence-electron chi connectivity index (χ2n) is 4.87. The number of halogens is 1. The highest BCUT2D eigenvalue weighted by Crippen LogP contribution is 2.25. The molecule has 3 nitrogen and oxygen atoms in total. The summed E-state index contributed by atoms with van der Waals surface area (Å²) in [6.07, 6.45) is 5.85. The summed E-state index contributed by atoms with van der Waals surface area (Å²) in [7, 11) is 0. The Morgan fingerprint density at radius 2 is 2.00 bits per heavy atom. The maximum atomic E-state index is 11.9. The van der Waals surface area contributed by atoms with Gasteiger partial charge in [-0.05, 0) is 31.4 Å². The molecule has 1 aliphatic rings. The van der Waals surface area contributed by atoms with Gasteiger partial charge in [0.1, 0.15) is 0 Å². The van der Waals surface area contributed by atoms with Crippen molar-refractivity contribution in [1.29, 1.82) is 0 Å². The molecule has 0 heterocycles. The van der Waals surface area contributed by atoms with E-state index in [9.17, 15) is 4.79 Å². The summed E-state index contributed by atoms with van der Waals surface area (Å²) in [5.74, 6) is 0. The van der Waals surface area contributed by atoms with Gasteiger partial charge in [0.05, 0.1) is 10.7 Å². The summed E-state index contributed by atoms with van der Waals surface area (Å²) in [4.78, 5) is 11.9. The van der Waals surface area contributed by atoms with Crippen molar-refractivity contribution < 1.29 is 4.79 Å². The Morgan fingerprint density at radius 1 is 1.28 bits per heavy atom. The van der Waals surface area contributed by atoms with E-state index in [1.54, 1.807) is 6.07 Å². The van der Waals surface area contributed by atoms with Gasteiger partial charge in [0.25, 0.3) is 0 Å². The van der Waals surface area contributed by atoms with E-state index in [0.29, 0.717) is 16.8 Å². The Bertz CT molecular complexity index is 408. The Hall–Kier alpha value is -1.22. The van der Waals surface area contributed by atoms with Crippen LogP contribution in [-0.2, 0) is 0 Å². The minimum absolute atomic E-state index is 0.155. The summed E-state index contributed by atoms with van der Waals surface area (Å²) in [5.41, 5.74) is 1.67. The summed E-state index contributed by atoms with van der Waals surface area (Å²) in [5, 5.41) is 6.43. The average molecular weight is 267 g/mol. The number of aryl methyl sites for hydroxylation is 1. The first-order valence-electron chi connectivity index (χ1n) is 6.49. The maximum Gasteiger partial charge on any atom is 0.319 e. The highest BCUT2D eigenvalue weighted by atomic mass is 35.5. The molecule has 1 fully saturated rings. The fourth-order valence-electron chi connectivity index (χ4n) is 2.37. The molecule has 0 saturated heterocycles. The van der Waals surface area contributed by atoms with E-state index >= 15 is 0 Å². The van der Waals surface area contributed by atoms with E-state index < -0.39 is 0 Å². The monoisotopic (exact) mass is 266 g/mol. The van der Waals surface area contributed by atoms with Gasteiger partial charge in [-0.3, -0.25) is 0 Å². The normalized spacial score (nSPS) is 16.3. The van der Waals surface area contributed by atoms with Crippen LogP contribution < -0.4 is 10.6 Å². The van der Waals surface area contributed by atoms with Gasteiger partial charge in [0.2, 0.25) is 0 Å². The molecule has 1 aromatic rings.